The SMILES string of the molecule is COc1ccc(S(=O)(=O)CCSOO[O-])cc1C.[Na+]. The maximum absolute atomic E-state index is 11.9. The summed E-state index contributed by atoms with van der Waals surface area (Å²) in [5, 5.41) is 12.6. The van der Waals surface area contributed by atoms with Crippen LogP contribution in [0, 0.1) is 6.92 Å². The molecule has 0 fully saturated rings. The van der Waals surface area contributed by atoms with E-state index in [1.165, 1.54) is 13.2 Å². The van der Waals surface area contributed by atoms with Crippen molar-refractivity contribution in [1.82, 2.24) is 0 Å². The van der Waals surface area contributed by atoms with Gasteiger partial charge in [0.2, 0.25) is 0 Å². The van der Waals surface area contributed by atoms with Crippen molar-refractivity contribution in [2.75, 3.05) is 18.6 Å². The Labute approximate surface area is 138 Å². The molecule has 0 spiro atoms. The van der Waals surface area contributed by atoms with Crippen LogP contribution in [0.4, 0.5) is 0 Å². The molecule has 1 rings (SSSR count). The van der Waals surface area contributed by atoms with Gasteiger partial charge < -0.3 is 9.99 Å². The van der Waals surface area contributed by atoms with E-state index < -0.39 is 9.84 Å². The summed E-state index contributed by atoms with van der Waals surface area (Å²) in [5.41, 5.74) is 0.741. The number of aryl methyl sites for hydroxylation is 1. The van der Waals surface area contributed by atoms with Crippen LogP contribution in [0.1, 0.15) is 5.56 Å². The maximum Gasteiger partial charge on any atom is 1.00 e. The second kappa shape index (κ2) is 9.19. The first-order valence-electron chi connectivity index (χ1n) is 4.97. The predicted molar refractivity (Wildman–Crippen MR) is 64.4 cm³/mol. The van der Waals surface area contributed by atoms with E-state index >= 15 is 0 Å². The largest absolute Gasteiger partial charge is 1.00 e. The molecule has 1 aromatic carbocycles. The van der Waals surface area contributed by atoms with Gasteiger partial charge in [-0.3, -0.25) is 5.04 Å². The minimum atomic E-state index is -3.40. The molecule has 0 aliphatic carbocycles. The summed E-state index contributed by atoms with van der Waals surface area (Å²) in [5.74, 6) is 0.592. The summed E-state index contributed by atoms with van der Waals surface area (Å²) in [7, 11) is -1.88. The van der Waals surface area contributed by atoms with Crippen molar-refractivity contribution >= 4 is 21.9 Å². The van der Waals surface area contributed by atoms with Gasteiger partial charge in [-0.25, -0.2) is 8.42 Å². The third kappa shape index (κ3) is 6.01. The summed E-state index contributed by atoms with van der Waals surface area (Å²) in [6.07, 6.45) is 0. The molecule has 0 aliphatic heterocycles. The predicted octanol–water partition coefficient (Wildman–Crippen LogP) is -2.35. The van der Waals surface area contributed by atoms with Gasteiger partial charge in [0.05, 0.1) is 17.8 Å². The average molecular weight is 316 g/mol. The molecule has 19 heavy (non-hydrogen) atoms. The topological polar surface area (TPSA) is 84.9 Å². The third-order valence-corrected chi connectivity index (χ3v) is 4.73. The third-order valence-electron chi connectivity index (χ3n) is 2.24. The van der Waals surface area contributed by atoms with E-state index in [-0.39, 0.29) is 46.0 Å². The van der Waals surface area contributed by atoms with Crippen LogP contribution in [0.15, 0.2) is 23.1 Å². The summed E-state index contributed by atoms with van der Waals surface area (Å²) in [6.45, 7) is 1.76. The molecule has 0 saturated carbocycles. The van der Waals surface area contributed by atoms with Gasteiger partial charge in [0.1, 0.15) is 5.75 Å². The minimum absolute atomic E-state index is 0. The van der Waals surface area contributed by atoms with Gasteiger partial charge >= 0.3 is 29.6 Å². The number of hydrogen-bond donors (Lipinski definition) is 0. The monoisotopic (exact) mass is 316 g/mol. The van der Waals surface area contributed by atoms with Crippen molar-refractivity contribution in [3.05, 3.63) is 23.8 Å². The van der Waals surface area contributed by atoms with Gasteiger partial charge in [0.25, 0.3) is 0 Å². The van der Waals surface area contributed by atoms with E-state index in [1.54, 1.807) is 19.1 Å². The van der Waals surface area contributed by atoms with Gasteiger partial charge in [-0.05, 0) is 30.7 Å². The Bertz CT molecular complexity index is 491. The van der Waals surface area contributed by atoms with E-state index in [0.717, 1.165) is 5.56 Å². The van der Waals surface area contributed by atoms with E-state index in [1.807, 2.05) is 0 Å². The molecule has 9 heteroatoms. The standard InChI is InChI=1S/C10H14O6S2.Na/c1-8-7-9(3-4-10(8)14-2)18(12,13)6-5-17-16-15-11;/h3-4,7,11H,5-6H2,1-2H3;/q;+1/p-1. The summed E-state index contributed by atoms with van der Waals surface area (Å²) < 4.78 is 32.9. The fourth-order valence-corrected chi connectivity index (χ4v) is 3.48. The van der Waals surface area contributed by atoms with Gasteiger partial charge in [-0.15, -0.1) is 0 Å². The van der Waals surface area contributed by atoms with Crippen LogP contribution in [-0.2, 0) is 19.2 Å². The zero-order valence-corrected chi connectivity index (χ0v) is 14.5. The number of sulfone groups is 1. The molecule has 0 aliphatic rings. The van der Waals surface area contributed by atoms with Crippen molar-refractivity contribution in [1.29, 1.82) is 0 Å². The van der Waals surface area contributed by atoms with Crippen LogP contribution in [-0.4, -0.2) is 27.0 Å². The van der Waals surface area contributed by atoms with Gasteiger partial charge in [0, 0.05) is 17.8 Å². The summed E-state index contributed by atoms with van der Waals surface area (Å²) in [6, 6.07) is 4.63. The van der Waals surface area contributed by atoms with Gasteiger partial charge in [-0.2, -0.15) is 4.33 Å². The van der Waals surface area contributed by atoms with Gasteiger partial charge in [-0.1, -0.05) is 0 Å². The van der Waals surface area contributed by atoms with E-state index in [2.05, 4.69) is 9.37 Å². The number of methoxy groups -OCH3 is 1. The molecule has 0 heterocycles. The van der Waals surface area contributed by atoms with Crippen molar-refractivity contribution in [2.24, 2.45) is 0 Å². The van der Waals surface area contributed by atoms with Crippen LogP contribution in [0.2, 0.25) is 0 Å². The van der Waals surface area contributed by atoms with Crippen molar-refractivity contribution in [2.45, 2.75) is 11.8 Å². The number of rotatable bonds is 7. The number of hydrogen-bond acceptors (Lipinski definition) is 7. The number of benzene rings is 1. The van der Waals surface area contributed by atoms with Crippen LogP contribution < -0.4 is 39.6 Å². The second-order valence-electron chi connectivity index (χ2n) is 3.41. The molecule has 102 valence electrons. The Morgan fingerprint density at radius 3 is 2.58 bits per heavy atom. The van der Waals surface area contributed by atoms with Crippen LogP contribution in [0.25, 0.3) is 0 Å². The molecule has 0 aromatic heterocycles. The Balaban J connectivity index is 0.00000324. The first-order chi connectivity index (χ1) is 8.51. The molecule has 0 atom stereocenters. The van der Waals surface area contributed by atoms with Crippen LogP contribution in [0.3, 0.4) is 0 Å². The smallest absolute Gasteiger partial charge is 0.691 e. The Morgan fingerprint density at radius 1 is 1.37 bits per heavy atom. The Hall–Kier alpha value is 0.200. The van der Waals surface area contributed by atoms with Crippen LogP contribution >= 0.6 is 12.0 Å². The molecule has 0 N–H and O–H groups in total. The zero-order valence-electron chi connectivity index (χ0n) is 10.9. The Morgan fingerprint density at radius 2 is 2.05 bits per heavy atom. The van der Waals surface area contributed by atoms with E-state index in [4.69, 9.17) is 4.74 Å². The Kier molecular flexibility index (Phi) is 9.29. The molecular weight excluding hydrogens is 303 g/mol. The maximum atomic E-state index is 11.9. The normalized spacial score (nSPS) is 10.9. The van der Waals surface area contributed by atoms with Gasteiger partial charge in [0.15, 0.2) is 9.84 Å². The molecular formula is C10H13NaO6S2. The number of ether oxygens (including phenoxy) is 1. The fraction of sp³-hybridized carbons (Fsp3) is 0.400. The first kappa shape index (κ1) is 19.2. The van der Waals surface area contributed by atoms with Crippen LogP contribution in [0.5, 0.6) is 5.75 Å². The van der Waals surface area contributed by atoms with E-state index in [9.17, 15) is 13.7 Å². The second-order valence-corrected chi connectivity index (χ2v) is 6.30. The quantitative estimate of drug-likeness (QED) is 0.183. The summed E-state index contributed by atoms with van der Waals surface area (Å²) in [4.78, 5) is 0.212. The molecule has 1 aromatic rings. The fourth-order valence-electron chi connectivity index (χ4n) is 1.36. The van der Waals surface area contributed by atoms with E-state index in [0.29, 0.717) is 17.8 Å². The molecule has 0 bridgehead atoms. The molecule has 0 radical (unpaired) electrons. The summed E-state index contributed by atoms with van der Waals surface area (Å²) >= 11 is 0.648. The minimum Gasteiger partial charge on any atom is -0.691 e. The zero-order chi connectivity index (χ0) is 13.6. The molecule has 6 nitrogen and oxygen atoms in total. The first-order valence-corrected chi connectivity index (χ1v) is 7.53. The molecule has 0 amide bonds. The van der Waals surface area contributed by atoms with Crippen molar-refractivity contribution in [3.63, 3.8) is 0 Å². The molecule has 0 unspecified atom stereocenters. The van der Waals surface area contributed by atoms with Crippen molar-refractivity contribution in [3.8, 4) is 5.75 Å². The molecule has 0 saturated heterocycles. The van der Waals surface area contributed by atoms with Crippen molar-refractivity contribution < 1.29 is 57.3 Å². The average Bonchev–Trinajstić information content (AvgIpc) is 2.34.